The molecule has 0 amide bonds. The van der Waals surface area contributed by atoms with Gasteiger partial charge in [-0.05, 0) is 24.1 Å². The highest BCUT2D eigenvalue weighted by Crippen LogP contribution is 2.44. The maximum absolute atomic E-state index is 13.6. The van der Waals surface area contributed by atoms with Crippen LogP contribution in [0.5, 0.6) is 0 Å². The highest BCUT2D eigenvalue weighted by molar-refractivity contribution is 7.99. The number of anilines is 1. The maximum atomic E-state index is 13.6. The standard InChI is InChI=1S/C21H21F5N6O3S/c22-10-2-1-8(5-11(10)23)9-6-12(9)27-18-15-19(29-20(28-18)36-4-3-21(24,25)26)32(31-30-15)13-7-14(33)17(35)16(13)34/h1-2,5,9,12-14,16-17,33-35H,3-4,6-7H2,(H,27,28,29). The number of benzene rings is 1. The number of fused-ring (bicyclic) bond motifs is 1. The van der Waals surface area contributed by atoms with Crippen molar-refractivity contribution in [1.29, 1.82) is 0 Å². The second-order valence-corrected chi connectivity index (χ2v) is 9.95. The zero-order valence-corrected chi connectivity index (χ0v) is 19.2. The number of alkyl halides is 3. The Kier molecular flexibility index (Phi) is 6.51. The Balaban J connectivity index is 1.44. The Hall–Kier alpha value is -2.62. The number of hydrogen-bond acceptors (Lipinski definition) is 9. The van der Waals surface area contributed by atoms with Crippen LogP contribution in [-0.2, 0) is 0 Å². The van der Waals surface area contributed by atoms with Gasteiger partial charge >= 0.3 is 6.18 Å². The van der Waals surface area contributed by atoms with Crippen LogP contribution in [0.1, 0.15) is 36.8 Å². The number of thioether (sulfide) groups is 1. The first kappa shape index (κ1) is 25.0. The number of aliphatic hydroxyl groups excluding tert-OH is 3. The molecule has 2 fully saturated rings. The molecule has 3 aromatic rings. The molecule has 9 nitrogen and oxygen atoms in total. The molecule has 4 N–H and O–H groups in total. The van der Waals surface area contributed by atoms with E-state index in [1.807, 2.05) is 0 Å². The fourth-order valence-corrected chi connectivity index (χ4v) is 5.15. The lowest BCUT2D eigenvalue weighted by atomic mass is 10.1. The van der Waals surface area contributed by atoms with E-state index in [2.05, 4.69) is 25.6 Å². The van der Waals surface area contributed by atoms with Gasteiger partial charge in [0.05, 0.1) is 18.6 Å². The molecule has 1 aromatic carbocycles. The molecule has 6 atom stereocenters. The average molecular weight is 532 g/mol. The van der Waals surface area contributed by atoms with Gasteiger partial charge in [0.15, 0.2) is 33.8 Å². The molecule has 0 radical (unpaired) electrons. The Morgan fingerprint density at radius 2 is 1.83 bits per heavy atom. The van der Waals surface area contributed by atoms with Crippen LogP contribution in [-0.4, -0.2) is 76.6 Å². The molecule has 2 aliphatic rings. The van der Waals surface area contributed by atoms with Crippen molar-refractivity contribution in [2.45, 2.75) is 66.9 Å². The molecule has 0 saturated heterocycles. The van der Waals surface area contributed by atoms with Gasteiger partial charge in [-0.2, -0.15) is 13.2 Å². The van der Waals surface area contributed by atoms with Crippen LogP contribution in [0.15, 0.2) is 23.4 Å². The molecule has 0 spiro atoms. The topological polar surface area (TPSA) is 129 Å². The van der Waals surface area contributed by atoms with Crippen LogP contribution in [0, 0.1) is 11.6 Å². The van der Waals surface area contributed by atoms with Crippen LogP contribution in [0.3, 0.4) is 0 Å². The summed E-state index contributed by atoms with van der Waals surface area (Å²) in [5, 5.41) is 41.4. The van der Waals surface area contributed by atoms with Crippen LogP contribution in [0.25, 0.3) is 11.2 Å². The number of rotatable bonds is 7. The molecular formula is C21H21F5N6O3S. The van der Waals surface area contributed by atoms with Crippen molar-refractivity contribution in [3.8, 4) is 0 Å². The Labute approximate surface area is 204 Å². The number of halogens is 5. The summed E-state index contributed by atoms with van der Waals surface area (Å²) in [6.45, 7) is 0. The number of aromatic nitrogens is 5. The van der Waals surface area contributed by atoms with E-state index in [-0.39, 0.29) is 46.3 Å². The van der Waals surface area contributed by atoms with E-state index in [4.69, 9.17) is 0 Å². The zero-order chi connectivity index (χ0) is 25.8. The maximum Gasteiger partial charge on any atom is 0.389 e. The van der Waals surface area contributed by atoms with Crippen LogP contribution in [0.4, 0.5) is 27.8 Å². The number of aliphatic hydroxyl groups is 3. The van der Waals surface area contributed by atoms with Gasteiger partial charge in [0.1, 0.15) is 12.2 Å². The highest BCUT2D eigenvalue weighted by Gasteiger charge is 2.44. The first-order chi connectivity index (χ1) is 17.0. The minimum atomic E-state index is -4.35. The lowest BCUT2D eigenvalue weighted by Crippen LogP contribution is -2.31. The van der Waals surface area contributed by atoms with E-state index in [0.29, 0.717) is 12.0 Å². The third-order valence-corrected chi connectivity index (χ3v) is 7.19. The Morgan fingerprint density at radius 3 is 2.50 bits per heavy atom. The van der Waals surface area contributed by atoms with Crippen LogP contribution in [0.2, 0.25) is 0 Å². The van der Waals surface area contributed by atoms with E-state index in [1.165, 1.54) is 10.7 Å². The van der Waals surface area contributed by atoms with Gasteiger partial charge in [-0.15, -0.1) is 5.10 Å². The third kappa shape index (κ3) is 4.96. The first-order valence-corrected chi connectivity index (χ1v) is 12.1. The largest absolute Gasteiger partial charge is 0.390 e. The van der Waals surface area contributed by atoms with Crippen molar-refractivity contribution in [2.24, 2.45) is 0 Å². The molecule has 0 aliphatic heterocycles. The van der Waals surface area contributed by atoms with Gasteiger partial charge in [0, 0.05) is 24.1 Å². The SMILES string of the molecule is OC1CC(n2nnc3c(NC4CC4c4ccc(F)c(F)c4)nc(SCCC(F)(F)F)nc32)C(O)C1O. The van der Waals surface area contributed by atoms with Gasteiger partial charge in [0.25, 0.3) is 0 Å². The minimum Gasteiger partial charge on any atom is -0.390 e. The average Bonchev–Trinajstić information content (AvgIpc) is 3.37. The van der Waals surface area contributed by atoms with Crippen LogP contribution < -0.4 is 5.32 Å². The third-order valence-electron chi connectivity index (χ3n) is 6.34. The normalized spacial score (nSPS) is 28.1. The summed E-state index contributed by atoms with van der Waals surface area (Å²) >= 11 is 0.777. The first-order valence-electron chi connectivity index (χ1n) is 11.1. The smallest absolute Gasteiger partial charge is 0.389 e. The summed E-state index contributed by atoms with van der Waals surface area (Å²) in [4.78, 5) is 8.60. The van der Waals surface area contributed by atoms with Gasteiger partial charge < -0.3 is 20.6 Å². The van der Waals surface area contributed by atoms with Gasteiger partial charge in [0.2, 0.25) is 0 Å². The van der Waals surface area contributed by atoms with E-state index < -0.39 is 48.6 Å². The predicted molar refractivity (Wildman–Crippen MR) is 117 cm³/mol. The predicted octanol–water partition coefficient (Wildman–Crippen LogP) is 2.54. The molecule has 15 heteroatoms. The monoisotopic (exact) mass is 532 g/mol. The van der Waals surface area contributed by atoms with Crippen molar-refractivity contribution >= 4 is 28.7 Å². The summed E-state index contributed by atoms with van der Waals surface area (Å²) in [7, 11) is 0. The molecule has 6 unspecified atom stereocenters. The van der Waals surface area contributed by atoms with E-state index in [9.17, 15) is 37.3 Å². The Bertz CT molecular complexity index is 1280. The van der Waals surface area contributed by atoms with E-state index >= 15 is 0 Å². The number of nitrogens with zero attached hydrogens (tertiary/aromatic N) is 5. The summed E-state index contributed by atoms with van der Waals surface area (Å²) in [5.41, 5.74) is 0.865. The molecule has 2 aliphatic carbocycles. The van der Waals surface area contributed by atoms with E-state index in [1.54, 1.807) is 0 Å². The fourth-order valence-electron chi connectivity index (χ4n) is 4.32. The molecule has 36 heavy (non-hydrogen) atoms. The van der Waals surface area contributed by atoms with Gasteiger partial charge in [-0.1, -0.05) is 23.0 Å². The second-order valence-electron chi connectivity index (χ2n) is 8.89. The van der Waals surface area contributed by atoms with Crippen molar-refractivity contribution < 1.29 is 37.3 Å². The second kappa shape index (κ2) is 9.36. The number of hydrogen-bond donors (Lipinski definition) is 4. The fraction of sp³-hybridized carbons (Fsp3) is 0.524. The lowest BCUT2D eigenvalue weighted by molar-refractivity contribution is -0.129. The van der Waals surface area contributed by atoms with Crippen molar-refractivity contribution in [3.63, 3.8) is 0 Å². The summed E-state index contributed by atoms with van der Waals surface area (Å²) < 4.78 is 66.1. The molecule has 2 saturated carbocycles. The highest BCUT2D eigenvalue weighted by atomic mass is 32.2. The lowest BCUT2D eigenvalue weighted by Gasteiger charge is -2.16. The van der Waals surface area contributed by atoms with Gasteiger partial charge in [-0.3, -0.25) is 0 Å². The summed E-state index contributed by atoms with van der Waals surface area (Å²) in [6, 6.07) is 2.54. The minimum absolute atomic E-state index is 0.0106. The quantitative estimate of drug-likeness (QED) is 0.206. The van der Waals surface area contributed by atoms with Crippen molar-refractivity contribution in [1.82, 2.24) is 25.0 Å². The summed E-state index contributed by atoms with van der Waals surface area (Å²) in [6.07, 6.45) is -8.84. The zero-order valence-electron chi connectivity index (χ0n) is 18.4. The molecular weight excluding hydrogens is 511 g/mol. The van der Waals surface area contributed by atoms with Crippen LogP contribution >= 0.6 is 11.8 Å². The molecule has 0 bridgehead atoms. The van der Waals surface area contributed by atoms with Crippen molar-refractivity contribution in [2.75, 3.05) is 11.1 Å². The summed E-state index contributed by atoms with van der Waals surface area (Å²) in [5.74, 6) is -2.22. The molecule has 194 valence electrons. The molecule has 5 rings (SSSR count). The molecule has 2 aromatic heterocycles. The van der Waals surface area contributed by atoms with Crippen molar-refractivity contribution in [3.05, 3.63) is 35.4 Å². The van der Waals surface area contributed by atoms with Gasteiger partial charge in [-0.25, -0.2) is 23.4 Å². The molecule has 2 heterocycles. The Morgan fingerprint density at radius 1 is 1.06 bits per heavy atom. The number of nitrogens with one attached hydrogen (secondary N) is 1. The van der Waals surface area contributed by atoms with E-state index in [0.717, 1.165) is 23.9 Å².